The molecule has 0 bridgehead atoms. The van der Waals surface area contributed by atoms with Crippen LogP contribution in [0.2, 0.25) is 0 Å². The van der Waals surface area contributed by atoms with E-state index in [0.717, 1.165) is 11.4 Å². The second kappa shape index (κ2) is 8.36. The number of rotatable bonds is 5. The van der Waals surface area contributed by atoms with Gasteiger partial charge >= 0.3 is 0 Å². The van der Waals surface area contributed by atoms with Crippen molar-refractivity contribution >= 4 is 28.7 Å². The molecule has 3 heterocycles. The lowest BCUT2D eigenvalue weighted by Gasteiger charge is -2.29. The summed E-state index contributed by atoms with van der Waals surface area (Å²) in [6, 6.07) is 22.3. The van der Waals surface area contributed by atoms with E-state index in [2.05, 4.69) is 10.3 Å². The fourth-order valence-corrected chi connectivity index (χ4v) is 4.55. The van der Waals surface area contributed by atoms with Gasteiger partial charge < -0.3 is 19.9 Å². The van der Waals surface area contributed by atoms with E-state index in [4.69, 9.17) is 12.2 Å². The number of thiocarbonyl (C=S) groups is 1. The van der Waals surface area contributed by atoms with Crippen LogP contribution in [-0.4, -0.2) is 24.7 Å². The molecular formula is C24H19N5O3S. The molecule has 2 aromatic heterocycles. The molecule has 33 heavy (non-hydrogen) atoms. The smallest absolute Gasteiger partial charge is 0.271 e. The quantitative estimate of drug-likeness (QED) is 0.256. The van der Waals surface area contributed by atoms with Crippen molar-refractivity contribution in [2.24, 2.45) is 0 Å². The Kier molecular flexibility index (Phi) is 5.23. The zero-order valence-corrected chi connectivity index (χ0v) is 18.1. The minimum atomic E-state index is -0.413. The van der Waals surface area contributed by atoms with Crippen molar-refractivity contribution in [3.8, 4) is 11.4 Å². The van der Waals surface area contributed by atoms with Crippen molar-refractivity contribution in [3.05, 3.63) is 113 Å². The number of nitro groups is 1. The van der Waals surface area contributed by atoms with Gasteiger partial charge in [-0.3, -0.25) is 15.1 Å². The van der Waals surface area contributed by atoms with Gasteiger partial charge in [0.15, 0.2) is 5.11 Å². The number of nitrogens with one attached hydrogen (secondary N) is 1. The highest BCUT2D eigenvalue weighted by Gasteiger charge is 2.43. The second-order valence-electron chi connectivity index (χ2n) is 7.57. The normalized spacial score (nSPS) is 17.7. The highest BCUT2D eigenvalue weighted by Crippen LogP contribution is 2.44. The van der Waals surface area contributed by atoms with Crippen LogP contribution in [0.3, 0.4) is 0 Å². The number of aromatic nitrogens is 2. The molecule has 2 aromatic carbocycles. The molecule has 164 valence electrons. The highest BCUT2D eigenvalue weighted by molar-refractivity contribution is 7.80. The molecule has 0 spiro atoms. The number of aromatic hydroxyl groups is 1. The van der Waals surface area contributed by atoms with Gasteiger partial charge in [0, 0.05) is 30.2 Å². The summed E-state index contributed by atoms with van der Waals surface area (Å²) in [5, 5.41) is 25.8. The Balaban J connectivity index is 1.68. The van der Waals surface area contributed by atoms with E-state index in [1.54, 1.807) is 30.5 Å². The van der Waals surface area contributed by atoms with Crippen molar-refractivity contribution in [1.82, 2.24) is 14.9 Å². The average molecular weight is 458 g/mol. The van der Waals surface area contributed by atoms with Gasteiger partial charge in [-0.15, -0.1) is 0 Å². The summed E-state index contributed by atoms with van der Waals surface area (Å²) in [5.74, 6) is 0.0989. The van der Waals surface area contributed by atoms with Crippen LogP contribution in [0.25, 0.3) is 5.69 Å². The number of phenols is 1. The maximum absolute atomic E-state index is 11.3. The Bertz CT molecular complexity index is 1340. The SMILES string of the molecule is O=[N+]([O-])c1cccc(-n2cccc2C2C(c3ccccn3)NC(=S)N2c2ccccc2O)c1. The molecule has 0 aliphatic carbocycles. The van der Waals surface area contributed by atoms with E-state index in [-0.39, 0.29) is 23.5 Å². The third-order valence-electron chi connectivity index (χ3n) is 5.64. The number of anilines is 1. The van der Waals surface area contributed by atoms with Gasteiger partial charge in [0.2, 0.25) is 0 Å². The van der Waals surface area contributed by atoms with Crippen LogP contribution in [0.4, 0.5) is 11.4 Å². The first-order chi connectivity index (χ1) is 16.0. The zero-order chi connectivity index (χ0) is 22.9. The van der Waals surface area contributed by atoms with Crippen LogP contribution >= 0.6 is 12.2 Å². The van der Waals surface area contributed by atoms with Crippen molar-refractivity contribution < 1.29 is 10.0 Å². The molecule has 4 aromatic rings. The van der Waals surface area contributed by atoms with Crippen molar-refractivity contribution in [2.45, 2.75) is 12.1 Å². The molecule has 9 heteroatoms. The van der Waals surface area contributed by atoms with Crippen molar-refractivity contribution in [3.63, 3.8) is 0 Å². The summed E-state index contributed by atoms with van der Waals surface area (Å²) >= 11 is 5.70. The Morgan fingerprint density at radius 1 is 1.03 bits per heavy atom. The number of hydrogen-bond acceptors (Lipinski definition) is 5. The van der Waals surface area contributed by atoms with Crippen molar-refractivity contribution in [2.75, 3.05) is 4.90 Å². The lowest BCUT2D eigenvalue weighted by atomic mass is 10.0. The summed E-state index contributed by atoms with van der Waals surface area (Å²) in [6.45, 7) is 0. The van der Waals surface area contributed by atoms with E-state index in [0.29, 0.717) is 16.5 Å². The molecule has 1 aliphatic heterocycles. The zero-order valence-electron chi connectivity index (χ0n) is 17.3. The summed E-state index contributed by atoms with van der Waals surface area (Å²) in [6.07, 6.45) is 3.58. The topological polar surface area (TPSA) is 96.5 Å². The molecule has 8 nitrogen and oxygen atoms in total. The first-order valence-corrected chi connectivity index (χ1v) is 10.7. The number of benzene rings is 2. The minimum absolute atomic E-state index is 0.00561. The van der Waals surface area contributed by atoms with Crippen LogP contribution in [-0.2, 0) is 0 Å². The summed E-state index contributed by atoms with van der Waals surface area (Å²) in [7, 11) is 0. The van der Waals surface area contributed by atoms with Crippen LogP contribution in [0.1, 0.15) is 23.5 Å². The second-order valence-corrected chi connectivity index (χ2v) is 7.95. The predicted molar refractivity (Wildman–Crippen MR) is 128 cm³/mol. The number of hydrogen-bond donors (Lipinski definition) is 2. The van der Waals surface area contributed by atoms with Crippen LogP contribution < -0.4 is 10.2 Å². The van der Waals surface area contributed by atoms with Gasteiger partial charge in [-0.25, -0.2) is 0 Å². The van der Waals surface area contributed by atoms with E-state index >= 15 is 0 Å². The van der Waals surface area contributed by atoms with Gasteiger partial charge in [0.25, 0.3) is 5.69 Å². The number of pyridine rings is 1. The third-order valence-corrected chi connectivity index (χ3v) is 5.96. The van der Waals surface area contributed by atoms with E-state index in [1.165, 1.54) is 12.1 Å². The molecule has 0 radical (unpaired) electrons. The maximum atomic E-state index is 11.3. The number of nitrogens with zero attached hydrogens (tertiary/aromatic N) is 4. The molecular weight excluding hydrogens is 438 g/mol. The molecule has 1 fully saturated rings. The third kappa shape index (κ3) is 3.68. The van der Waals surface area contributed by atoms with Crippen molar-refractivity contribution in [1.29, 1.82) is 0 Å². The Hall–Kier alpha value is -4.24. The average Bonchev–Trinajstić information content (AvgIpc) is 3.44. The number of phenolic OH excluding ortho intramolecular Hbond substituents is 1. The van der Waals surface area contributed by atoms with Crippen LogP contribution in [0.5, 0.6) is 5.75 Å². The molecule has 0 saturated carbocycles. The lowest BCUT2D eigenvalue weighted by molar-refractivity contribution is -0.384. The molecule has 2 N–H and O–H groups in total. The van der Waals surface area contributed by atoms with Gasteiger partial charge in [-0.05, 0) is 54.7 Å². The van der Waals surface area contributed by atoms with E-state index in [1.807, 2.05) is 58.1 Å². The summed E-state index contributed by atoms with van der Waals surface area (Å²) < 4.78 is 1.90. The summed E-state index contributed by atoms with van der Waals surface area (Å²) in [4.78, 5) is 17.3. The molecule has 0 amide bonds. The number of nitro benzene ring substituents is 1. The molecule has 2 unspecified atom stereocenters. The minimum Gasteiger partial charge on any atom is -0.506 e. The Morgan fingerprint density at radius 2 is 1.85 bits per heavy atom. The van der Waals surface area contributed by atoms with E-state index in [9.17, 15) is 15.2 Å². The largest absolute Gasteiger partial charge is 0.506 e. The first kappa shape index (κ1) is 20.7. The predicted octanol–water partition coefficient (Wildman–Crippen LogP) is 4.66. The Labute approximate surface area is 194 Å². The lowest BCUT2D eigenvalue weighted by Crippen LogP contribution is -2.30. The number of para-hydroxylation sites is 2. The van der Waals surface area contributed by atoms with Gasteiger partial charge in [0.1, 0.15) is 11.8 Å². The molecule has 1 saturated heterocycles. The monoisotopic (exact) mass is 457 g/mol. The Morgan fingerprint density at radius 3 is 2.61 bits per heavy atom. The molecule has 2 atom stereocenters. The fourth-order valence-electron chi connectivity index (χ4n) is 4.21. The molecule has 1 aliphatic rings. The van der Waals surface area contributed by atoms with Gasteiger partial charge in [0.05, 0.1) is 28.0 Å². The summed E-state index contributed by atoms with van der Waals surface area (Å²) in [5.41, 5.74) is 2.84. The van der Waals surface area contributed by atoms with E-state index < -0.39 is 4.92 Å². The maximum Gasteiger partial charge on any atom is 0.271 e. The van der Waals surface area contributed by atoms with Gasteiger partial charge in [-0.2, -0.15) is 0 Å². The van der Waals surface area contributed by atoms with Crippen LogP contribution in [0.15, 0.2) is 91.3 Å². The molecule has 5 rings (SSSR count). The van der Waals surface area contributed by atoms with Gasteiger partial charge in [-0.1, -0.05) is 24.3 Å². The first-order valence-electron chi connectivity index (χ1n) is 10.3. The highest BCUT2D eigenvalue weighted by atomic mass is 32.1. The van der Waals surface area contributed by atoms with Crippen LogP contribution in [0, 0.1) is 10.1 Å². The standard InChI is InChI=1S/C24H19N5O3S/c30-21-12-2-1-10-19(21)28-23(22(26-24(28)33)18-9-3-4-13-25-18)20-11-6-14-27(20)16-7-5-8-17(15-16)29(31)32/h1-15,22-23,30H,(H,26,33). The number of non-ortho nitro benzene ring substituents is 1. The fraction of sp³-hybridized carbons (Fsp3) is 0.0833.